The maximum absolute atomic E-state index is 12.7. The second-order valence-electron chi connectivity index (χ2n) is 8.85. The number of ether oxygens (including phenoxy) is 2. The lowest BCUT2D eigenvalue weighted by molar-refractivity contribution is -0.123. The van der Waals surface area contributed by atoms with Crippen LogP contribution in [0.3, 0.4) is 0 Å². The van der Waals surface area contributed by atoms with Gasteiger partial charge in [0.05, 0.1) is 20.3 Å². The van der Waals surface area contributed by atoms with E-state index in [4.69, 9.17) is 9.47 Å². The summed E-state index contributed by atoms with van der Waals surface area (Å²) in [5, 5.41) is 3.38. The van der Waals surface area contributed by atoms with E-state index in [-0.39, 0.29) is 23.9 Å². The Kier molecular flexibility index (Phi) is 6.51. The van der Waals surface area contributed by atoms with Crippen molar-refractivity contribution in [3.63, 3.8) is 0 Å². The lowest BCUT2D eigenvalue weighted by Crippen LogP contribution is -2.48. The summed E-state index contributed by atoms with van der Waals surface area (Å²) in [6.45, 7) is 6.08. The molecule has 4 rings (SSSR count). The zero-order valence-electron chi connectivity index (χ0n) is 19.1. The number of amides is 1. The Balaban J connectivity index is 1.70. The van der Waals surface area contributed by atoms with Gasteiger partial charge in [-0.25, -0.2) is 0 Å². The molecular formula is C26H34N2O3. The summed E-state index contributed by atoms with van der Waals surface area (Å²) in [7, 11) is 3.36. The summed E-state index contributed by atoms with van der Waals surface area (Å²) in [4.78, 5) is 15.2. The highest BCUT2D eigenvalue weighted by molar-refractivity contribution is 5.81. The third-order valence-corrected chi connectivity index (χ3v) is 6.63. The predicted octanol–water partition coefficient (Wildman–Crippen LogP) is 4.42. The fraction of sp³-hybridized carbons (Fsp3) is 0.500. The molecular weight excluding hydrogens is 388 g/mol. The summed E-state index contributed by atoms with van der Waals surface area (Å²) in [5.74, 6) is 1.91. The maximum atomic E-state index is 12.7. The van der Waals surface area contributed by atoms with Crippen LogP contribution in [0.25, 0.3) is 0 Å². The molecule has 0 saturated heterocycles. The summed E-state index contributed by atoms with van der Waals surface area (Å²) in [6.07, 6.45) is 3.86. The van der Waals surface area contributed by atoms with Gasteiger partial charge in [-0.05, 0) is 61.4 Å². The van der Waals surface area contributed by atoms with Crippen molar-refractivity contribution in [2.45, 2.75) is 58.2 Å². The van der Waals surface area contributed by atoms with Crippen LogP contribution in [0, 0.1) is 12.8 Å². The number of nitrogens with one attached hydrogen (secondary N) is 1. The Morgan fingerprint density at radius 2 is 1.81 bits per heavy atom. The highest BCUT2D eigenvalue weighted by Crippen LogP contribution is 2.41. The largest absolute Gasteiger partial charge is 0.493 e. The van der Waals surface area contributed by atoms with Gasteiger partial charge in [-0.3, -0.25) is 9.69 Å². The van der Waals surface area contributed by atoms with Crippen molar-refractivity contribution in [1.29, 1.82) is 0 Å². The number of methoxy groups -OCH3 is 2. The Labute approximate surface area is 185 Å². The average molecular weight is 423 g/mol. The summed E-state index contributed by atoms with van der Waals surface area (Å²) in [6, 6.07) is 13.1. The second-order valence-corrected chi connectivity index (χ2v) is 8.85. The van der Waals surface area contributed by atoms with Crippen molar-refractivity contribution in [2.75, 3.05) is 20.8 Å². The third-order valence-electron chi connectivity index (χ3n) is 6.63. The quantitative estimate of drug-likeness (QED) is 0.684. The fourth-order valence-electron chi connectivity index (χ4n) is 4.66. The lowest BCUT2D eigenvalue weighted by Gasteiger charge is -2.42. The Morgan fingerprint density at radius 3 is 2.42 bits per heavy atom. The van der Waals surface area contributed by atoms with Gasteiger partial charge in [0.2, 0.25) is 5.91 Å². The minimum absolute atomic E-state index is 0.0516. The smallest absolute Gasteiger partial charge is 0.223 e. The van der Waals surface area contributed by atoms with Crippen molar-refractivity contribution in [2.24, 2.45) is 5.92 Å². The van der Waals surface area contributed by atoms with Crippen LogP contribution < -0.4 is 14.8 Å². The number of fused-ring (bicyclic) bond motifs is 1. The minimum Gasteiger partial charge on any atom is -0.493 e. The van der Waals surface area contributed by atoms with Gasteiger partial charge in [0.25, 0.3) is 0 Å². The molecule has 2 atom stereocenters. The third kappa shape index (κ3) is 4.72. The van der Waals surface area contributed by atoms with Crippen molar-refractivity contribution >= 4 is 5.91 Å². The molecule has 1 heterocycles. The number of carbonyl (C=O) groups excluding carboxylic acids is 1. The number of hydrogen-bond donors (Lipinski definition) is 1. The molecule has 1 aliphatic heterocycles. The topological polar surface area (TPSA) is 50.8 Å². The fourth-order valence-corrected chi connectivity index (χ4v) is 4.66. The molecule has 0 aromatic heterocycles. The molecule has 1 saturated carbocycles. The van der Waals surface area contributed by atoms with Gasteiger partial charge in [-0.1, -0.05) is 36.8 Å². The van der Waals surface area contributed by atoms with E-state index in [9.17, 15) is 4.79 Å². The molecule has 1 fully saturated rings. The van der Waals surface area contributed by atoms with Gasteiger partial charge in [0, 0.05) is 25.0 Å². The first-order valence-electron chi connectivity index (χ1n) is 11.4. The van der Waals surface area contributed by atoms with E-state index >= 15 is 0 Å². The Bertz CT molecular complexity index is 921. The van der Waals surface area contributed by atoms with Gasteiger partial charge in [0.1, 0.15) is 0 Å². The number of nitrogens with zero attached hydrogens (tertiary/aromatic N) is 1. The van der Waals surface area contributed by atoms with Crippen molar-refractivity contribution in [3.05, 3.63) is 58.7 Å². The van der Waals surface area contributed by atoms with E-state index in [1.807, 2.05) is 0 Å². The van der Waals surface area contributed by atoms with E-state index in [2.05, 4.69) is 60.5 Å². The van der Waals surface area contributed by atoms with Crippen LogP contribution in [0.5, 0.6) is 11.5 Å². The monoisotopic (exact) mass is 422 g/mol. The first kappa shape index (κ1) is 21.7. The molecule has 5 heteroatoms. The molecule has 1 N–H and O–H groups in total. The Morgan fingerprint density at radius 1 is 1.13 bits per heavy atom. The first-order chi connectivity index (χ1) is 15.0. The lowest BCUT2D eigenvalue weighted by atomic mass is 9.86. The van der Waals surface area contributed by atoms with Crippen molar-refractivity contribution < 1.29 is 14.3 Å². The van der Waals surface area contributed by atoms with Gasteiger partial charge in [0.15, 0.2) is 11.5 Å². The van der Waals surface area contributed by atoms with Crippen LogP contribution >= 0.6 is 0 Å². The Hall–Kier alpha value is -2.53. The van der Waals surface area contributed by atoms with Crippen LogP contribution in [-0.2, 0) is 17.8 Å². The number of hydrogen-bond acceptors (Lipinski definition) is 4. The standard InChI is InChI=1S/C26H34N2O3/c1-5-22(27-26(29)19-10-11-19)25-21-15-24(31-4)23(30-3)14-20(21)12-13-28(25)16-18-8-6-17(2)7-9-18/h6-9,14-15,19,22,25H,5,10-13,16H2,1-4H3,(H,27,29)/t22-,25-/m1/s1. The van der Waals surface area contributed by atoms with E-state index in [0.29, 0.717) is 0 Å². The maximum Gasteiger partial charge on any atom is 0.223 e. The summed E-state index contributed by atoms with van der Waals surface area (Å²) in [5.41, 5.74) is 5.08. The van der Waals surface area contributed by atoms with Gasteiger partial charge < -0.3 is 14.8 Å². The van der Waals surface area contributed by atoms with Crippen LogP contribution in [0.15, 0.2) is 36.4 Å². The molecule has 0 radical (unpaired) electrons. The molecule has 1 amide bonds. The molecule has 0 unspecified atom stereocenters. The van der Waals surface area contributed by atoms with Gasteiger partial charge >= 0.3 is 0 Å². The molecule has 2 aromatic carbocycles. The molecule has 31 heavy (non-hydrogen) atoms. The number of aryl methyl sites for hydroxylation is 1. The van der Waals surface area contributed by atoms with E-state index in [0.717, 1.165) is 50.3 Å². The van der Waals surface area contributed by atoms with E-state index < -0.39 is 0 Å². The zero-order valence-corrected chi connectivity index (χ0v) is 19.1. The zero-order chi connectivity index (χ0) is 22.0. The first-order valence-corrected chi connectivity index (χ1v) is 11.4. The average Bonchev–Trinajstić information content (AvgIpc) is 3.63. The van der Waals surface area contributed by atoms with Crippen molar-refractivity contribution in [3.8, 4) is 11.5 Å². The second kappa shape index (κ2) is 9.31. The van der Waals surface area contributed by atoms with Crippen molar-refractivity contribution in [1.82, 2.24) is 10.2 Å². The van der Waals surface area contributed by atoms with Crippen LogP contribution in [-0.4, -0.2) is 37.6 Å². The summed E-state index contributed by atoms with van der Waals surface area (Å²) >= 11 is 0. The molecule has 2 aromatic rings. The van der Waals surface area contributed by atoms with Crippen LogP contribution in [0.1, 0.15) is 54.5 Å². The number of benzene rings is 2. The predicted molar refractivity (Wildman–Crippen MR) is 123 cm³/mol. The summed E-state index contributed by atoms with van der Waals surface area (Å²) < 4.78 is 11.2. The van der Waals surface area contributed by atoms with E-state index in [1.54, 1.807) is 14.2 Å². The normalized spacial score (nSPS) is 19.4. The highest BCUT2D eigenvalue weighted by atomic mass is 16.5. The molecule has 5 nitrogen and oxygen atoms in total. The highest BCUT2D eigenvalue weighted by Gasteiger charge is 2.37. The molecule has 1 aliphatic carbocycles. The molecule has 166 valence electrons. The van der Waals surface area contributed by atoms with E-state index in [1.165, 1.54) is 22.3 Å². The molecule has 2 aliphatic rings. The van der Waals surface area contributed by atoms with Gasteiger partial charge in [-0.2, -0.15) is 0 Å². The van der Waals surface area contributed by atoms with Gasteiger partial charge in [-0.15, -0.1) is 0 Å². The SMILES string of the molecule is CC[C@@H](NC(=O)C1CC1)[C@H]1c2cc(OC)c(OC)cc2CCN1Cc1ccc(C)cc1. The molecule has 0 bridgehead atoms. The number of carbonyl (C=O) groups is 1. The molecule has 0 spiro atoms. The minimum atomic E-state index is 0.0516. The van der Waals surface area contributed by atoms with Crippen LogP contribution in [0.2, 0.25) is 0 Å². The number of rotatable bonds is 8. The van der Waals surface area contributed by atoms with Crippen LogP contribution in [0.4, 0.5) is 0 Å².